The van der Waals surface area contributed by atoms with Gasteiger partial charge in [0.25, 0.3) is 0 Å². The Morgan fingerprint density at radius 3 is 1.56 bits per heavy atom. The highest BCUT2D eigenvalue weighted by Crippen LogP contribution is 2.16. The Balaban J connectivity index is 4.24. The fourth-order valence-corrected chi connectivity index (χ4v) is 1.29. The van der Waals surface area contributed by atoms with Gasteiger partial charge in [-0.2, -0.15) is 0 Å². The van der Waals surface area contributed by atoms with Crippen molar-refractivity contribution in [3.05, 3.63) is 0 Å². The predicted octanol–water partition coefficient (Wildman–Crippen LogP) is 0.644. The van der Waals surface area contributed by atoms with Crippen LogP contribution in [0.1, 0.15) is 0 Å². The van der Waals surface area contributed by atoms with Crippen molar-refractivity contribution in [1.29, 1.82) is 0 Å². The second-order valence-electron chi connectivity index (χ2n) is 1.27. The van der Waals surface area contributed by atoms with Crippen LogP contribution in [0, 0.1) is 0 Å². The molecule has 1 atom stereocenters. The molecule has 0 aromatic carbocycles. The summed E-state index contributed by atoms with van der Waals surface area (Å²) in [5.41, 5.74) is 0. The largest absolute Gasteiger partial charge is 0.228 e. The van der Waals surface area contributed by atoms with Crippen molar-refractivity contribution in [2.24, 2.45) is 5.14 Å². The van der Waals surface area contributed by atoms with Crippen molar-refractivity contribution in [3.8, 4) is 0 Å². The Hall–Kier alpha value is 0.780. The molecule has 0 aliphatic rings. The molecule has 0 aromatic heterocycles. The SMILES string of the molecule is NS(=O)(=O)C(Cl)C(Cl)Cl. The molecule has 0 aliphatic carbocycles. The first-order chi connectivity index (χ1) is 3.85. The van der Waals surface area contributed by atoms with E-state index in [1.165, 1.54) is 0 Å². The Morgan fingerprint density at radius 2 is 1.56 bits per heavy atom. The van der Waals surface area contributed by atoms with Crippen LogP contribution in [-0.4, -0.2) is 18.0 Å². The van der Waals surface area contributed by atoms with Crippen molar-refractivity contribution in [3.63, 3.8) is 0 Å². The molecule has 0 spiro atoms. The first kappa shape index (κ1) is 9.78. The number of rotatable bonds is 2. The second kappa shape index (κ2) is 3.25. The van der Waals surface area contributed by atoms with Gasteiger partial charge in [0.05, 0.1) is 0 Å². The van der Waals surface area contributed by atoms with Crippen LogP contribution in [-0.2, 0) is 10.0 Å². The Kier molecular flexibility index (Phi) is 3.54. The maximum absolute atomic E-state index is 10.2. The lowest BCUT2D eigenvalue weighted by atomic mass is 10.9. The van der Waals surface area contributed by atoms with Gasteiger partial charge < -0.3 is 0 Å². The van der Waals surface area contributed by atoms with Crippen molar-refractivity contribution in [1.82, 2.24) is 0 Å². The summed E-state index contributed by atoms with van der Waals surface area (Å²) < 4.78 is 19.1. The summed E-state index contributed by atoms with van der Waals surface area (Å²) in [5.74, 6) is 0. The second-order valence-corrected chi connectivity index (χ2v) is 4.85. The van der Waals surface area contributed by atoms with Crippen LogP contribution in [0.5, 0.6) is 0 Å². The summed E-state index contributed by atoms with van der Waals surface area (Å²) >= 11 is 15.3. The lowest BCUT2D eigenvalue weighted by Gasteiger charge is -2.05. The molecular formula is C2H4Cl3NO2S. The quantitative estimate of drug-likeness (QED) is 0.683. The molecule has 0 saturated heterocycles. The molecule has 0 aromatic rings. The van der Waals surface area contributed by atoms with Crippen LogP contribution in [0.4, 0.5) is 0 Å². The van der Waals surface area contributed by atoms with Crippen LogP contribution in [0.15, 0.2) is 0 Å². The Bertz CT molecular complexity index is 176. The normalized spacial score (nSPS) is 16.1. The third-order valence-electron chi connectivity index (χ3n) is 0.512. The average molecular weight is 212 g/mol. The zero-order valence-corrected chi connectivity index (χ0v) is 7.17. The van der Waals surface area contributed by atoms with E-state index in [-0.39, 0.29) is 0 Å². The van der Waals surface area contributed by atoms with Gasteiger partial charge in [0.2, 0.25) is 10.0 Å². The first-order valence-electron chi connectivity index (χ1n) is 1.79. The van der Waals surface area contributed by atoms with E-state index in [2.05, 4.69) is 5.14 Å². The number of hydrogen-bond acceptors (Lipinski definition) is 2. The maximum atomic E-state index is 10.2. The minimum absolute atomic E-state index is 1.19. The molecule has 0 fully saturated rings. The average Bonchev–Trinajstić information content (AvgIpc) is 1.62. The highest BCUT2D eigenvalue weighted by atomic mass is 35.5. The standard InChI is InChI=1S/C2H4Cl3NO2S/c3-1(4)2(5)9(6,7)8/h1-2H,(H2,6,7,8). The molecule has 56 valence electrons. The van der Waals surface area contributed by atoms with E-state index >= 15 is 0 Å². The molecule has 3 nitrogen and oxygen atoms in total. The molecule has 0 rings (SSSR count). The number of nitrogens with two attached hydrogens (primary N) is 1. The summed E-state index contributed by atoms with van der Waals surface area (Å²) in [4.78, 5) is -1.19. The number of alkyl halides is 3. The van der Waals surface area contributed by atoms with E-state index in [0.717, 1.165) is 0 Å². The molecule has 0 heterocycles. The Morgan fingerprint density at radius 1 is 1.22 bits per heavy atom. The van der Waals surface area contributed by atoms with E-state index in [9.17, 15) is 8.42 Å². The van der Waals surface area contributed by atoms with E-state index < -0.39 is 19.6 Å². The van der Waals surface area contributed by atoms with Crippen LogP contribution < -0.4 is 5.14 Å². The van der Waals surface area contributed by atoms with Gasteiger partial charge in [0, 0.05) is 0 Å². The molecule has 9 heavy (non-hydrogen) atoms. The molecule has 0 aliphatic heterocycles. The monoisotopic (exact) mass is 211 g/mol. The highest BCUT2D eigenvalue weighted by molar-refractivity contribution is 7.91. The molecule has 1 unspecified atom stereocenters. The number of primary sulfonamides is 1. The van der Waals surface area contributed by atoms with Gasteiger partial charge in [0.1, 0.15) is 4.84 Å². The van der Waals surface area contributed by atoms with Crippen LogP contribution in [0.2, 0.25) is 0 Å². The molecule has 7 heteroatoms. The first-order valence-corrected chi connectivity index (χ1v) is 4.71. The minimum Gasteiger partial charge on any atom is -0.227 e. The van der Waals surface area contributed by atoms with Crippen molar-refractivity contribution in [2.75, 3.05) is 0 Å². The topological polar surface area (TPSA) is 60.2 Å². The fraction of sp³-hybridized carbons (Fsp3) is 1.00. The van der Waals surface area contributed by atoms with Crippen molar-refractivity contribution >= 4 is 44.8 Å². The zero-order chi connectivity index (χ0) is 7.65. The predicted molar refractivity (Wildman–Crippen MR) is 38.2 cm³/mol. The van der Waals surface area contributed by atoms with Gasteiger partial charge in [-0.25, -0.2) is 13.6 Å². The van der Waals surface area contributed by atoms with E-state index in [4.69, 9.17) is 34.8 Å². The summed E-state index contributed by atoms with van der Waals surface area (Å²) in [5, 5.41) is 4.55. The molecule has 0 saturated carbocycles. The van der Waals surface area contributed by atoms with Gasteiger partial charge in [-0.3, -0.25) is 0 Å². The number of halogens is 3. The van der Waals surface area contributed by atoms with E-state index in [1.54, 1.807) is 0 Å². The van der Waals surface area contributed by atoms with Gasteiger partial charge in [0.15, 0.2) is 4.71 Å². The van der Waals surface area contributed by atoms with Crippen molar-refractivity contribution in [2.45, 2.75) is 9.55 Å². The number of sulfonamides is 1. The molecule has 0 bridgehead atoms. The lowest BCUT2D eigenvalue weighted by Crippen LogP contribution is -2.28. The third kappa shape index (κ3) is 3.47. The lowest BCUT2D eigenvalue weighted by molar-refractivity contribution is 0.595. The summed E-state index contributed by atoms with van der Waals surface area (Å²) in [6, 6.07) is 0. The van der Waals surface area contributed by atoms with Gasteiger partial charge >= 0.3 is 0 Å². The molecule has 0 amide bonds. The summed E-state index contributed by atoms with van der Waals surface area (Å²) in [6.07, 6.45) is 0. The van der Waals surface area contributed by atoms with Crippen LogP contribution in [0.25, 0.3) is 0 Å². The van der Waals surface area contributed by atoms with Gasteiger partial charge in [-0.1, -0.05) is 0 Å². The third-order valence-corrected chi connectivity index (χ3v) is 3.47. The highest BCUT2D eigenvalue weighted by Gasteiger charge is 2.24. The molecular weight excluding hydrogens is 208 g/mol. The minimum atomic E-state index is -3.80. The van der Waals surface area contributed by atoms with Crippen LogP contribution >= 0.6 is 34.8 Å². The number of hydrogen-bond donors (Lipinski definition) is 1. The summed E-state index contributed by atoms with van der Waals surface area (Å²) in [6.45, 7) is 0. The van der Waals surface area contributed by atoms with Gasteiger partial charge in [-0.15, -0.1) is 34.8 Å². The smallest absolute Gasteiger partial charge is 0.227 e. The summed E-state index contributed by atoms with van der Waals surface area (Å²) in [7, 11) is -3.80. The van der Waals surface area contributed by atoms with Crippen LogP contribution in [0.3, 0.4) is 0 Å². The fourth-order valence-electron chi connectivity index (χ4n) is 0.143. The van der Waals surface area contributed by atoms with E-state index in [1.807, 2.05) is 0 Å². The molecule has 2 N–H and O–H groups in total. The Labute approximate surface area is 68.1 Å². The molecule has 0 radical (unpaired) electrons. The van der Waals surface area contributed by atoms with E-state index in [0.29, 0.717) is 0 Å². The van der Waals surface area contributed by atoms with Gasteiger partial charge in [-0.05, 0) is 0 Å². The zero-order valence-electron chi connectivity index (χ0n) is 4.09. The van der Waals surface area contributed by atoms with Crippen molar-refractivity contribution < 1.29 is 8.42 Å². The maximum Gasteiger partial charge on any atom is 0.228 e.